The van der Waals surface area contributed by atoms with Gasteiger partial charge in [0.1, 0.15) is 0 Å². The van der Waals surface area contributed by atoms with Crippen molar-refractivity contribution in [3.8, 4) is 0 Å². The largest absolute Gasteiger partial charge is 0.371 e. The topological polar surface area (TPSA) is 18.5 Å². The lowest BCUT2D eigenvalue weighted by molar-refractivity contribution is 0.0306. The van der Waals surface area contributed by atoms with Gasteiger partial charge in [0.05, 0.1) is 0 Å². The van der Waals surface area contributed by atoms with Gasteiger partial charge in [0.25, 0.3) is 0 Å². The number of rotatable bonds is 6. The van der Waals surface area contributed by atoms with E-state index >= 15 is 0 Å². The molecule has 27 heavy (non-hydrogen) atoms. The number of nitrogens with one attached hydrogen (secondary N) is 1. The number of anilines is 1. The summed E-state index contributed by atoms with van der Waals surface area (Å²) in [6.45, 7) is 7.47. The van der Waals surface area contributed by atoms with Crippen molar-refractivity contribution >= 4 is 5.69 Å². The second-order valence-corrected chi connectivity index (χ2v) is 9.85. The van der Waals surface area contributed by atoms with Crippen LogP contribution in [-0.4, -0.2) is 43.7 Å². The molecule has 148 valence electrons. The highest BCUT2D eigenvalue weighted by molar-refractivity contribution is 5.48. The second-order valence-electron chi connectivity index (χ2n) is 9.85. The van der Waals surface area contributed by atoms with Crippen LogP contribution in [0.3, 0.4) is 0 Å². The Morgan fingerprint density at radius 1 is 0.852 bits per heavy atom. The fourth-order valence-electron chi connectivity index (χ4n) is 5.42. The van der Waals surface area contributed by atoms with Gasteiger partial charge in [-0.3, -0.25) is 0 Å². The summed E-state index contributed by atoms with van der Waals surface area (Å²) in [6.07, 6.45) is 13.0. The van der Waals surface area contributed by atoms with Gasteiger partial charge in [0.15, 0.2) is 0 Å². The van der Waals surface area contributed by atoms with Crippen LogP contribution in [0.4, 0.5) is 5.69 Å². The molecule has 2 aliphatic heterocycles. The van der Waals surface area contributed by atoms with Gasteiger partial charge in [-0.2, -0.15) is 0 Å². The van der Waals surface area contributed by atoms with Gasteiger partial charge in [0.2, 0.25) is 0 Å². The monoisotopic (exact) mass is 367 g/mol. The van der Waals surface area contributed by atoms with Crippen LogP contribution in [0.15, 0.2) is 24.3 Å². The minimum absolute atomic E-state index is 0.656. The van der Waals surface area contributed by atoms with Crippen LogP contribution in [0.2, 0.25) is 0 Å². The summed E-state index contributed by atoms with van der Waals surface area (Å²) in [5.74, 6) is 0.963. The number of likely N-dealkylation sites (tertiary alicyclic amines) is 1. The molecule has 1 spiro atoms. The zero-order valence-corrected chi connectivity index (χ0v) is 17.0. The molecule has 4 fully saturated rings. The maximum Gasteiger partial charge on any atom is 0.0366 e. The van der Waals surface area contributed by atoms with E-state index in [9.17, 15) is 0 Å². The molecule has 2 saturated heterocycles. The van der Waals surface area contributed by atoms with Crippen LogP contribution in [0.5, 0.6) is 0 Å². The average Bonchev–Trinajstić information content (AvgIpc) is 3.48. The van der Waals surface area contributed by atoms with E-state index in [2.05, 4.69) is 39.4 Å². The predicted molar refractivity (Wildman–Crippen MR) is 113 cm³/mol. The Labute approximate surface area is 165 Å². The molecular formula is C24H37N3. The average molecular weight is 368 g/mol. The molecule has 1 N–H and O–H groups in total. The molecule has 2 aliphatic carbocycles. The highest BCUT2D eigenvalue weighted by Crippen LogP contribution is 2.43. The van der Waals surface area contributed by atoms with E-state index in [1.165, 1.54) is 102 Å². The summed E-state index contributed by atoms with van der Waals surface area (Å²) in [6, 6.07) is 10.3. The minimum Gasteiger partial charge on any atom is -0.371 e. The lowest BCUT2D eigenvalue weighted by Crippen LogP contribution is -2.50. The first-order valence-electron chi connectivity index (χ1n) is 11.6. The Kier molecular flexibility index (Phi) is 5.17. The van der Waals surface area contributed by atoms with Crippen molar-refractivity contribution in [3.63, 3.8) is 0 Å². The summed E-state index contributed by atoms with van der Waals surface area (Å²) in [4.78, 5) is 5.43. The number of hydrogen-bond acceptors (Lipinski definition) is 3. The van der Waals surface area contributed by atoms with Crippen molar-refractivity contribution in [3.05, 3.63) is 29.8 Å². The van der Waals surface area contributed by atoms with Crippen LogP contribution in [0, 0.1) is 11.3 Å². The number of hydrogen-bond donors (Lipinski definition) is 1. The van der Waals surface area contributed by atoms with Crippen LogP contribution in [0.25, 0.3) is 0 Å². The Morgan fingerprint density at radius 3 is 2.11 bits per heavy atom. The van der Waals surface area contributed by atoms with Crippen LogP contribution in [-0.2, 0) is 6.54 Å². The Morgan fingerprint density at radius 2 is 1.52 bits per heavy atom. The first kappa shape index (κ1) is 18.0. The SMILES string of the molecule is c1cc(N2CCC3(CC2)CCN(C2CCC2)CC3)ccc1CNCC1CC1. The number of benzene rings is 1. The third-order valence-electron chi connectivity index (χ3n) is 8.03. The summed E-state index contributed by atoms with van der Waals surface area (Å²) in [7, 11) is 0. The van der Waals surface area contributed by atoms with Crippen molar-refractivity contribution in [2.24, 2.45) is 11.3 Å². The molecule has 3 nitrogen and oxygen atoms in total. The first-order chi connectivity index (χ1) is 13.3. The van der Waals surface area contributed by atoms with Crippen molar-refractivity contribution in [2.75, 3.05) is 37.6 Å². The van der Waals surface area contributed by atoms with Gasteiger partial charge in [-0.1, -0.05) is 18.6 Å². The molecule has 5 rings (SSSR count). The summed E-state index contributed by atoms with van der Waals surface area (Å²) in [5, 5.41) is 3.60. The Bertz CT molecular complexity index is 599. The maximum atomic E-state index is 3.60. The predicted octanol–water partition coefficient (Wildman–Crippen LogP) is 4.42. The molecule has 1 aromatic carbocycles. The Balaban J connectivity index is 1.09. The van der Waals surface area contributed by atoms with Crippen molar-refractivity contribution in [1.29, 1.82) is 0 Å². The molecule has 0 aromatic heterocycles. The first-order valence-corrected chi connectivity index (χ1v) is 11.6. The number of nitrogens with zero attached hydrogens (tertiary/aromatic N) is 2. The fourth-order valence-corrected chi connectivity index (χ4v) is 5.42. The smallest absolute Gasteiger partial charge is 0.0366 e. The normalized spacial score (nSPS) is 26.3. The maximum absolute atomic E-state index is 3.60. The van der Waals surface area contributed by atoms with E-state index in [1.54, 1.807) is 0 Å². The molecule has 0 atom stereocenters. The third-order valence-corrected chi connectivity index (χ3v) is 8.03. The minimum atomic E-state index is 0.656. The summed E-state index contributed by atoms with van der Waals surface area (Å²) >= 11 is 0. The molecule has 0 bridgehead atoms. The van der Waals surface area contributed by atoms with Gasteiger partial charge in [-0.15, -0.1) is 0 Å². The van der Waals surface area contributed by atoms with E-state index in [1.807, 2.05) is 0 Å². The quantitative estimate of drug-likeness (QED) is 0.803. The molecule has 2 heterocycles. The second kappa shape index (κ2) is 7.75. The van der Waals surface area contributed by atoms with E-state index in [0.29, 0.717) is 5.41 Å². The molecular weight excluding hydrogens is 330 g/mol. The third kappa shape index (κ3) is 4.19. The highest BCUT2D eigenvalue weighted by atomic mass is 15.2. The standard InChI is InChI=1S/C24H37N3/c1-2-22(3-1)26-14-10-24(11-15-26)12-16-27(17-13-24)23-8-6-21(7-9-23)19-25-18-20-4-5-20/h6-9,20,22,25H,1-5,10-19H2. The molecule has 2 saturated carbocycles. The highest BCUT2D eigenvalue weighted by Gasteiger charge is 2.39. The van der Waals surface area contributed by atoms with E-state index in [0.717, 1.165) is 18.5 Å². The van der Waals surface area contributed by atoms with Crippen molar-refractivity contribution in [1.82, 2.24) is 10.2 Å². The molecule has 3 heteroatoms. The van der Waals surface area contributed by atoms with Crippen LogP contribution >= 0.6 is 0 Å². The molecule has 0 unspecified atom stereocenters. The van der Waals surface area contributed by atoms with Gasteiger partial charge in [-0.05, 0) is 100 Å². The van der Waals surface area contributed by atoms with Crippen molar-refractivity contribution in [2.45, 2.75) is 70.4 Å². The molecule has 0 amide bonds. The summed E-state index contributed by atoms with van der Waals surface area (Å²) < 4.78 is 0. The van der Waals surface area contributed by atoms with Gasteiger partial charge < -0.3 is 15.1 Å². The number of piperidine rings is 2. The summed E-state index contributed by atoms with van der Waals surface area (Å²) in [5.41, 5.74) is 3.52. The van der Waals surface area contributed by atoms with Crippen molar-refractivity contribution < 1.29 is 0 Å². The van der Waals surface area contributed by atoms with Crippen LogP contribution < -0.4 is 10.2 Å². The molecule has 4 aliphatic rings. The van der Waals surface area contributed by atoms with Gasteiger partial charge in [0, 0.05) is 31.4 Å². The molecule has 1 aromatic rings. The van der Waals surface area contributed by atoms with Crippen LogP contribution in [0.1, 0.15) is 63.4 Å². The van der Waals surface area contributed by atoms with E-state index in [-0.39, 0.29) is 0 Å². The Hall–Kier alpha value is -1.06. The molecule has 0 radical (unpaired) electrons. The lowest BCUT2D eigenvalue weighted by Gasteiger charge is -2.50. The lowest BCUT2D eigenvalue weighted by atomic mass is 9.70. The fraction of sp³-hybridized carbons (Fsp3) is 0.750. The van der Waals surface area contributed by atoms with E-state index in [4.69, 9.17) is 0 Å². The van der Waals surface area contributed by atoms with Gasteiger partial charge >= 0.3 is 0 Å². The zero-order valence-electron chi connectivity index (χ0n) is 17.0. The zero-order chi connectivity index (χ0) is 18.1. The van der Waals surface area contributed by atoms with E-state index < -0.39 is 0 Å². The van der Waals surface area contributed by atoms with Gasteiger partial charge in [-0.25, -0.2) is 0 Å².